The van der Waals surface area contributed by atoms with Crippen LogP contribution in [0.1, 0.15) is 30.8 Å². The Balaban J connectivity index is 1.61. The minimum atomic E-state index is -0.729. The highest BCUT2D eigenvalue weighted by Crippen LogP contribution is 2.21. The lowest BCUT2D eigenvalue weighted by molar-refractivity contribution is -0.137. The Labute approximate surface area is 180 Å². The molecule has 31 heavy (non-hydrogen) atoms. The summed E-state index contributed by atoms with van der Waals surface area (Å²) < 4.78 is 6.53. The average Bonchev–Trinajstić information content (AvgIpc) is 2.77. The molecule has 0 bridgehead atoms. The fraction of sp³-hybridized carbons (Fsp3) is 0.333. The molecule has 0 aliphatic carbocycles. The van der Waals surface area contributed by atoms with Crippen LogP contribution in [0.5, 0.6) is 0 Å². The number of aromatic nitrogens is 2. The van der Waals surface area contributed by atoms with E-state index in [9.17, 15) is 14.4 Å². The van der Waals surface area contributed by atoms with Crippen molar-refractivity contribution >= 4 is 22.6 Å². The molecule has 4 rings (SSSR count). The van der Waals surface area contributed by atoms with Crippen molar-refractivity contribution in [3.63, 3.8) is 0 Å². The van der Waals surface area contributed by atoms with Gasteiger partial charge in [-0.3, -0.25) is 9.59 Å². The Bertz CT molecular complexity index is 1160. The summed E-state index contributed by atoms with van der Waals surface area (Å²) in [4.78, 5) is 40.2. The molecule has 0 spiro atoms. The number of nitrogens with zero attached hydrogens (tertiary/aromatic N) is 3. The molecule has 7 heteroatoms. The van der Waals surface area contributed by atoms with Crippen molar-refractivity contribution in [2.45, 2.75) is 20.3 Å². The molecule has 0 saturated carbocycles. The maximum Gasteiger partial charge on any atom is 0.359 e. The van der Waals surface area contributed by atoms with E-state index in [1.165, 1.54) is 4.68 Å². The van der Waals surface area contributed by atoms with Crippen LogP contribution in [0.25, 0.3) is 16.5 Å². The Kier molecular flexibility index (Phi) is 5.84. The van der Waals surface area contributed by atoms with Crippen LogP contribution in [-0.4, -0.2) is 46.3 Å². The number of amides is 1. The summed E-state index contributed by atoms with van der Waals surface area (Å²) in [6.07, 6.45) is 1.08. The second-order valence-corrected chi connectivity index (χ2v) is 8.27. The third-order valence-corrected chi connectivity index (χ3v) is 5.55. The topological polar surface area (TPSA) is 81.5 Å². The highest BCUT2D eigenvalue weighted by Gasteiger charge is 2.27. The number of ether oxygens (including phenoxy) is 1. The number of benzene rings is 2. The Morgan fingerprint density at radius 3 is 2.26 bits per heavy atom. The zero-order valence-corrected chi connectivity index (χ0v) is 17.7. The van der Waals surface area contributed by atoms with Gasteiger partial charge in [0, 0.05) is 18.5 Å². The first-order valence-electron chi connectivity index (χ1n) is 10.5. The van der Waals surface area contributed by atoms with Gasteiger partial charge in [-0.1, -0.05) is 50.2 Å². The molecule has 2 atom stereocenters. The number of rotatable bonds is 4. The average molecular weight is 419 g/mol. The number of hydrogen-bond donors (Lipinski definition) is 0. The lowest BCUT2D eigenvalue weighted by Crippen LogP contribution is -2.44. The molecule has 160 valence electrons. The molecule has 0 N–H and O–H groups in total. The van der Waals surface area contributed by atoms with Crippen molar-refractivity contribution in [3.05, 3.63) is 70.6 Å². The number of piperidine rings is 1. The number of fused-ring (bicyclic) bond motifs is 1. The summed E-state index contributed by atoms with van der Waals surface area (Å²) >= 11 is 0. The highest BCUT2D eigenvalue weighted by atomic mass is 16.5. The standard InChI is InChI=1S/C24H25N3O4/c1-16-12-17(2)14-26(13-16)21(28)15-31-24(30)22-19-10-6-7-11-20(19)23(29)27(25-22)18-8-4-3-5-9-18/h3-11,16-17H,12-15H2,1-2H3/t16-,17+. The van der Waals surface area contributed by atoms with Crippen LogP contribution >= 0.6 is 0 Å². The fourth-order valence-electron chi connectivity index (χ4n) is 4.24. The van der Waals surface area contributed by atoms with Crippen molar-refractivity contribution in [2.24, 2.45) is 11.8 Å². The number of carbonyl (C=O) groups excluding carboxylic acids is 2. The Hall–Kier alpha value is -3.48. The van der Waals surface area contributed by atoms with Gasteiger partial charge in [-0.05, 0) is 36.5 Å². The summed E-state index contributed by atoms with van der Waals surface area (Å²) in [5.74, 6) is -0.105. The van der Waals surface area contributed by atoms with Gasteiger partial charge in [0.2, 0.25) is 0 Å². The van der Waals surface area contributed by atoms with Gasteiger partial charge in [0.25, 0.3) is 11.5 Å². The molecule has 1 amide bonds. The van der Waals surface area contributed by atoms with Gasteiger partial charge in [-0.2, -0.15) is 9.78 Å². The second-order valence-electron chi connectivity index (χ2n) is 8.27. The number of para-hydroxylation sites is 1. The second kappa shape index (κ2) is 8.71. The number of hydrogen-bond acceptors (Lipinski definition) is 5. The van der Waals surface area contributed by atoms with Crippen molar-refractivity contribution in [3.8, 4) is 5.69 Å². The van der Waals surface area contributed by atoms with E-state index in [0.29, 0.717) is 41.4 Å². The summed E-state index contributed by atoms with van der Waals surface area (Å²) in [7, 11) is 0. The molecule has 1 aromatic heterocycles. The van der Waals surface area contributed by atoms with Gasteiger partial charge >= 0.3 is 5.97 Å². The first kappa shape index (κ1) is 20.8. The molecule has 0 unspecified atom stereocenters. The lowest BCUT2D eigenvalue weighted by Gasteiger charge is -2.34. The van der Waals surface area contributed by atoms with E-state index in [1.54, 1.807) is 53.4 Å². The van der Waals surface area contributed by atoms with Gasteiger partial charge in [0.1, 0.15) is 0 Å². The van der Waals surface area contributed by atoms with Crippen LogP contribution in [0.15, 0.2) is 59.4 Å². The molecule has 1 aliphatic heterocycles. The normalized spacial score (nSPS) is 18.7. The Morgan fingerprint density at radius 2 is 1.58 bits per heavy atom. The summed E-state index contributed by atoms with van der Waals surface area (Å²) in [6.45, 7) is 5.22. The molecule has 0 radical (unpaired) electrons. The quantitative estimate of drug-likeness (QED) is 0.607. The molecule has 1 aliphatic rings. The van der Waals surface area contributed by atoms with E-state index in [0.717, 1.165) is 6.42 Å². The van der Waals surface area contributed by atoms with Gasteiger partial charge < -0.3 is 9.64 Å². The van der Waals surface area contributed by atoms with Gasteiger partial charge in [0.15, 0.2) is 12.3 Å². The molecule has 2 aromatic carbocycles. The zero-order chi connectivity index (χ0) is 22.0. The fourth-order valence-corrected chi connectivity index (χ4v) is 4.24. The van der Waals surface area contributed by atoms with E-state index in [4.69, 9.17) is 4.74 Å². The van der Waals surface area contributed by atoms with Gasteiger partial charge in [-0.15, -0.1) is 0 Å². The molecule has 1 fully saturated rings. The minimum absolute atomic E-state index is 0.00670. The largest absolute Gasteiger partial charge is 0.451 e. The number of carbonyl (C=O) groups is 2. The SMILES string of the molecule is C[C@@H]1C[C@H](C)CN(C(=O)COC(=O)c2nn(-c3ccccc3)c(=O)c3ccccc23)C1. The summed E-state index contributed by atoms with van der Waals surface area (Å²) in [5, 5.41) is 5.05. The van der Waals surface area contributed by atoms with Crippen molar-refractivity contribution < 1.29 is 14.3 Å². The number of likely N-dealkylation sites (tertiary alicyclic amines) is 1. The Morgan fingerprint density at radius 1 is 0.968 bits per heavy atom. The minimum Gasteiger partial charge on any atom is -0.451 e. The van der Waals surface area contributed by atoms with Gasteiger partial charge in [0.05, 0.1) is 11.1 Å². The first-order valence-corrected chi connectivity index (χ1v) is 10.5. The predicted molar refractivity (Wildman–Crippen MR) is 117 cm³/mol. The maximum atomic E-state index is 12.9. The monoisotopic (exact) mass is 419 g/mol. The lowest BCUT2D eigenvalue weighted by atomic mass is 9.92. The zero-order valence-electron chi connectivity index (χ0n) is 17.7. The van der Waals surface area contributed by atoms with E-state index < -0.39 is 5.97 Å². The molecule has 1 saturated heterocycles. The maximum absolute atomic E-state index is 12.9. The van der Waals surface area contributed by atoms with E-state index in [2.05, 4.69) is 18.9 Å². The molecular formula is C24H25N3O4. The van der Waals surface area contributed by atoms with Crippen molar-refractivity contribution in [1.82, 2.24) is 14.7 Å². The summed E-state index contributed by atoms with van der Waals surface area (Å²) in [6, 6.07) is 15.7. The highest BCUT2D eigenvalue weighted by molar-refractivity contribution is 6.02. The van der Waals surface area contributed by atoms with E-state index in [-0.39, 0.29) is 23.8 Å². The van der Waals surface area contributed by atoms with E-state index >= 15 is 0 Å². The smallest absolute Gasteiger partial charge is 0.359 e. The molecular weight excluding hydrogens is 394 g/mol. The van der Waals surface area contributed by atoms with Crippen LogP contribution in [0, 0.1) is 11.8 Å². The molecule has 2 heterocycles. The van der Waals surface area contributed by atoms with Crippen LogP contribution in [0.3, 0.4) is 0 Å². The first-order chi connectivity index (χ1) is 14.9. The van der Waals surface area contributed by atoms with Crippen LogP contribution in [0.4, 0.5) is 0 Å². The van der Waals surface area contributed by atoms with Crippen LogP contribution in [-0.2, 0) is 9.53 Å². The van der Waals surface area contributed by atoms with Crippen LogP contribution < -0.4 is 5.56 Å². The van der Waals surface area contributed by atoms with E-state index in [1.807, 2.05) is 6.07 Å². The van der Waals surface area contributed by atoms with Crippen LogP contribution in [0.2, 0.25) is 0 Å². The van der Waals surface area contributed by atoms with Crippen molar-refractivity contribution in [2.75, 3.05) is 19.7 Å². The third kappa shape index (κ3) is 4.35. The molecule has 3 aromatic rings. The van der Waals surface area contributed by atoms with Gasteiger partial charge in [-0.25, -0.2) is 4.79 Å². The predicted octanol–water partition coefficient (Wildman–Crippen LogP) is 3.05. The summed E-state index contributed by atoms with van der Waals surface area (Å²) in [5.41, 5.74) is 0.220. The number of esters is 1. The third-order valence-electron chi connectivity index (χ3n) is 5.55. The van der Waals surface area contributed by atoms with Crippen molar-refractivity contribution in [1.29, 1.82) is 0 Å². The molecule has 7 nitrogen and oxygen atoms in total.